The Kier molecular flexibility index (Phi) is 10.7. The summed E-state index contributed by atoms with van der Waals surface area (Å²) in [7, 11) is 0. The fraction of sp³-hybridized carbons (Fsp3) is 0.118. The quantitative estimate of drug-likeness (QED) is 0.196. The summed E-state index contributed by atoms with van der Waals surface area (Å²) in [5, 5.41) is 16.5. The summed E-state index contributed by atoms with van der Waals surface area (Å²) >= 11 is 0. The first-order chi connectivity index (χ1) is 21.6. The zero-order valence-electron chi connectivity index (χ0n) is 24.9. The van der Waals surface area contributed by atoms with Crippen molar-refractivity contribution < 1.29 is 42.1 Å². The standard InChI is InChI=1S/2C17H14N5.2Pt/c2*1-13-10-14(20-19-13)11-21-12-22(15-6-3-2-4-7-15)17-16(21)8-5-9-18-17;;/h2*2-6,8-10,12H,11H2,1H3;;/q2*-3;;. The van der Waals surface area contributed by atoms with Crippen molar-refractivity contribution >= 4 is 34.4 Å². The van der Waals surface area contributed by atoms with E-state index < -0.39 is 0 Å². The van der Waals surface area contributed by atoms with E-state index in [2.05, 4.69) is 64.4 Å². The predicted octanol–water partition coefficient (Wildman–Crippen LogP) is 5.64. The first kappa shape index (κ1) is 33.1. The van der Waals surface area contributed by atoms with Crippen molar-refractivity contribution in [1.82, 2.24) is 30.4 Å². The van der Waals surface area contributed by atoms with Crippen LogP contribution in [0.4, 0.5) is 34.4 Å². The molecule has 0 saturated carbocycles. The van der Waals surface area contributed by atoms with Crippen molar-refractivity contribution in [2.24, 2.45) is 0 Å². The number of aryl methyl sites for hydroxylation is 2. The first-order valence-corrected chi connectivity index (χ1v) is 14.2. The van der Waals surface area contributed by atoms with Gasteiger partial charge in [0.2, 0.25) is 0 Å². The van der Waals surface area contributed by atoms with Gasteiger partial charge >= 0.3 is 0 Å². The van der Waals surface area contributed by atoms with E-state index in [0.717, 1.165) is 57.2 Å². The average Bonchev–Trinajstić information content (AvgIpc) is 3.85. The summed E-state index contributed by atoms with van der Waals surface area (Å²) in [4.78, 5) is 17.4. The molecule has 2 aliphatic heterocycles. The Morgan fingerprint density at radius 1 is 0.630 bits per heavy atom. The number of rotatable bonds is 6. The van der Waals surface area contributed by atoms with Gasteiger partial charge in [0.15, 0.2) is 0 Å². The number of pyridine rings is 2. The van der Waals surface area contributed by atoms with Gasteiger partial charge in [-0.25, -0.2) is 9.97 Å². The molecule has 0 bridgehead atoms. The SMILES string of the molecule is Cc1cc(CN2[CH-]N(c3[c-]cccc3)c3ncccc32)n[n-]1.Cc1cc(CN2[CH-]N(c3[c-]cccc3)c3ncccc32)n[n-]1.[Pt].[Pt]. The van der Waals surface area contributed by atoms with E-state index >= 15 is 0 Å². The van der Waals surface area contributed by atoms with Gasteiger partial charge in [0.1, 0.15) is 11.6 Å². The fourth-order valence-corrected chi connectivity index (χ4v) is 5.17. The number of hydrogen-bond acceptors (Lipinski definition) is 8. The summed E-state index contributed by atoms with van der Waals surface area (Å²) in [5.41, 5.74) is 7.82. The van der Waals surface area contributed by atoms with Gasteiger partial charge in [-0.05, 0) is 24.3 Å². The molecule has 46 heavy (non-hydrogen) atoms. The second kappa shape index (κ2) is 14.9. The molecule has 0 unspecified atom stereocenters. The maximum absolute atomic E-state index is 4.51. The third kappa shape index (κ3) is 7.09. The third-order valence-electron chi connectivity index (χ3n) is 7.11. The molecule has 6 heterocycles. The Balaban J connectivity index is 0.000000174. The molecule has 0 fully saturated rings. The van der Waals surface area contributed by atoms with Crippen LogP contribution in [0.2, 0.25) is 0 Å². The Hall–Kier alpha value is -4.26. The predicted molar refractivity (Wildman–Crippen MR) is 169 cm³/mol. The topological polar surface area (TPSA) is 92.7 Å². The van der Waals surface area contributed by atoms with Crippen molar-refractivity contribution in [1.29, 1.82) is 0 Å². The number of hydrogen-bond donors (Lipinski definition) is 0. The van der Waals surface area contributed by atoms with Gasteiger partial charge in [0, 0.05) is 90.4 Å². The van der Waals surface area contributed by atoms with Gasteiger partial charge in [0.05, 0.1) is 0 Å². The Labute approximate surface area is 297 Å². The molecule has 0 aliphatic carbocycles. The molecule has 0 amide bonds. The zero-order chi connectivity index (χ0) is 29.9. The first-order valence-electron chi connectivity index (χ1n) is 14.2. The number of aromatic nitrogens is 6. The molecule has 8 rings (SSSR count). The van der Waals surface area contributed by atoms with Crippen molar-refractivity contribution in [2.45, 2.75) is 26.9 Å². The van der Waals surface area contributed by atoms with Crippen molar-refractivity contribution in [2.75, 3.05) is 19.6 Å². The van der Waals surface area contributed by atoms with E-state index in [1.54, 1.807) is 12.4 Å². The molecule has 240 valence electrons. The van der Waals surface area contributed by atoms with Crippen molar-refractivity contribution in [3.05, 3.63) is 146 Å². The average molecular weight is 967 g/mol. The molecule has 2 aliphatic rings. The molecule has 0 spiro atoms. The smallest absolute Gasteiger partial charge is 0.124 e. The Morgan fingerprint density at radius 2 is 1.09 bits per heavy atom. The van der Waals surface area contributed by atoms with Crippen LogP contribution in [0.1, 0.15) is 22.8 Å². The molecule has 0 radical (unpaired) electrons. The fourth-order valence-electron chi connectivity index (χ4n) is 5.17. The van der Waals surface area contributed by atoms with Crippen LogP contribution in [0.15, 0.2) is 97.3 Å². The Bertz CT molecular complexity index is 1710. The molecule has 0 saturated heterocycles. The van der Waals surface area contributed by atoms with Crippen molar-refractivity contribution in [3.63, 3.8) is 0 Å². The van der Waals surface area contributed by atoms with Crippen LogP contribution in [-0.4, -0.2) is 20.2 Å². The summed E-state index contributed by atoms with van der Waals surface area (Å²) < 4.78 is 0. The van der Waals surface area contributed by atoms with E-state index in [1.807, 2.05) is 110 Å². The zero-order valence-corrected chi connectivity index (χ0v) is 29.5. The summed E-state index contributed by atoms with van der Waals surface area (Å²) in [6.45, 7) is 9.31. The van der Waals surface area contributed by atoms with Crippen LogP contribution in [0.25, 0.3) is 0 Å². The van der Waals surface area contributed by atoms with Crippen LogP contribution in [0.3, 0.4) is 0 Å². The molecule has 0 atom stereocenters. The van der Waals surface area contributed by atoms with E-state index in [1.165, 1.54) is 0 Å². The molecule has 10 nitrogen and oxygen atoms in total. The minimum atomic E-state index is 0. The number of benzene rings is 2. The van der Waals surface area contributed by atoms with Crippen LogP contribution < -0.4 is 29.8 Å². The van der Waals surface area contributed by atoms with E-state index in [9.17, 15) is 0 Å². The third-order valence-corrected chi connectivity index (χ3v) is 7.11. The summed E-state index contributed by atoms with van der Waals surface area (Å²) in [6, 6.07) is 34.2. The molecule has 4 aromatic heterocycles. The van der Waals surface area contributed by atoms with Gasteiger partial charge < -0.3 is 40.0 Å². The van der Waals surface area contributed by atoms with Crippen LogP contribution in [0.5, 0.6) is 0 Å². The van der Waals surface area contributed by atoms with E-state index in [-0.39, 0.29) is 42.1 Å². The van der Waals surface area contributed by atoms with Crippen LogP contribution in [0, 0.1) is 39.3 Å². The number of para-hydroxylation sites is 2. The maximum Gasteiger partial charge on any atom is 0.124 e. The molecular weight excluding hydrogens is 939 g/mol. The van der Waals surface area contributed by atoms with Gasteiger partial charge in [-0.1, -0.05) is 26.0 Å². The van der Waals surface area contributed by atoms with Gasteiger partial charge in [-0.2, -0.15) is 60.7 Å². The molecule has 6 aromatic rings. The molecule has 0 N–H and O–H groups in total. The van der Waals surface area contributed by atoms with Crippen LogP contribution >= 0.6 is 0 Å². The summed E-state index contributed by atoms with van der Waals surface area (Å²) in [6.07, 6.45) is 3.61. The number of fused-ring (bicyclic) bond motifs is 2. The Morgan fingerprint density at radius 3 is 1.46 bits per heavy atom. The van der Waals surface area contributed by atoms with Gasteiger partial charge in [-0.3, -0.25) is 0 Å². The second-order valence-electron chi connectivity index (χ2n) is 10.4. The minimum Gasteiger partial charge on any atom is -0.579 e. The van der Waals surface area contributed by atoms with Crippen LogP contribution in [-0.2, 0) is 55.2 Å². The van der Waals surface area contributed by atoms with E-state index in [0.29, 0.717) is 13.1 Å². The monoisotopic (exact) mass is 966 g/mol. The van der Waals surface area contributed by atoms with Gasteiger partial charge in [0.25, 0.3) is 0 Å². The maximum atomic E-state index is 4.51. The summed E-state index contributed by atoms with van der Waals surface area (Å²) in [5.74, 6) is 1.81. The number of nitrogens with zero attached hydrogens (tertiary/aromatic N) is 10. The normalized spacial score (nSPS) is 12.9. The number of anilines is 6. The van der Waals surface area contributed by atoms with Gasteiger partial charge in [-0.15, -0.1) is 36.1 Å². The second-order valence-corrected chi connectivity index (χ2v) is 10.4. The molecular formula is C34H28N10Pt2-6. The molecule has 12 heteroatoms. The van der Waals surface area contributed by atoms with Crippen molar-refractivity contribution in [3.8, 4) is 0 Å². The minimum absolute atomic E-state index is 0. The molecule has 2 aromatic carbocycles. The van der Waals surface area contributed by atoms with E-state index in [4.69, 9.17) is 0 Å². The largest absolute Gasteiger partial charge is 0.579 e.